The summed E-state index contributed by atoms with van der Waals surface area (Å²) < 4.78 is 12.7. The molecule has 3 aromatic rings. The maximum atomic E-state index is 12.8. The van der Waals surface area contributed by atoms with E-state index in [9.17, 15) is 14.7 Å². The highest BCUT2D eigenvalue weighted by Gasteiger charge is 2.33. The van der Waals surface area contributed by atoms with Crippen LogP contribution in [0.3, 0.4) is 0 Å². The zero-order valence-corrected chi connectivity index (χ0v) is 23.5. The molecule has 1 aliphatic carbocycles. The van der Waals surface area contributed by atoms with Crippen molar-refractivity contribution in [3.05, 3.63) is 76.5 Å². The topological polar surface area (TPSA) is 102 Å². The Morgan fingerprint density at radius 1 is 1.10 bits per heavy atom. The minimum Gasteiger partial charge on any atom is -0.506 e. The van der Waals surface area contributed by atoms with E-state index in [1.807, 2.05) is 60.2 Å². The number of thioether (sulfide) groups is 1. The number of hydrogen-bond acceptors (Lipinski definition) is 7. The van der Waals surface area contributed by atoms with E-state index in [1.165, 1.54) is 11.8 Å². The van der Waals surface area contributed by atoms with Crippen LogP contribution in [0.1, 0.15) is 45.1 Å². The van der Waals surface area contributed by atoms with Crippen molar-refractivity contribution in [2.24, 2.45) is 4.99 Å². The van der Waals surface area contributed by atoms with E-state index < -0.39 is 5.97 Å². The highest BCUT2D eigenvalue weighted by Crippen LogP contribution is 2.41. The molecule has 8 nitrogen and oxygen atoms in total. The van der Waals surface area contributed by atoms with Gasteiger partial charge in [-0.05, 0) is 63.1 Å². The van der Waals surface area contributed by atoms with Gasteiger partial charge in [0.15, 0.2) is 0 Å². The number of benzene rings is 2. The molecule has 1 aromatic heterocycles. The van der Waals surface area contributed by atoms with Crippen LogP contribution in [0, 0.1) is 0 Å². The van der Waals surface area contributed by atoms with Gasteiger partial charge >= 0.3 is 5.97 Å². The van der Waals surface area contributed by atoms with Gasteiger partial charge in [0.25, 0.3) is 0 Å². The number of carbonyl (C=O) groups is 2. The van der Waals surface area contributed by atoms with Crippen LogP contribution in [0.2, 0.25) is 0 Å². The molecule has 9 heteroatoms. The first-order valence-electron chi connectivity index (χ1n) is 13.7. The number of rotatable bonds is 9. The number of para-hydroxylation sites is 1. The number of hydrogen-bond donors (Lipinski definition) is 2. The fourth-order valence-electron chi connectivity index (χ4n) is 5.05. The van der Waals surface area contributed by atoms with Gasteiger partial charge in [-0.2, -0.15) is 0 Å². The van der Waals surface area contributed by atoms with Crippen LogP contribution in [-0.4, -0.2) is 45.8 Å². The van der Waals surface area contributed by atoms with Gasteiger partial charge in [0.2, 0.25) is 5.91 Å². The first kappa shape index (κ1) is 27.6. The number of ether oxygens (including phenoxy) is 2. The van der Waals surface area contributed by atoms with Crippen LogP contribution >= 0.6 is 11.8 Å². The van der Waals surface area contributed by atoms with Gasteiger partial charge in [-0.3, -0.25) is 4.79 Å². The maximum Gasteiger partial charge on any atom is 0.344 e. The first-order chi connectivity index (χ1) is 19.5. The Kier molecular flexibility index (Phi) is 8.60. The van der Waals surface area contributed by atoms with E-state index in [0.29, 0.717) is 22.2 Å². The highest BCUT2D eigenvalue weighted by atomic mass is 32.2. The third-order valence-electron chi connectivity index (χ3n) is 6.89. The number of fused-ring (bicyclic) bond motifs is 1. The summed E-state index contributed by atoms with van der Waals surface area (Å²) in [4.78, 5) is 30.8. The number of carbonyl (C=O) groups excluding carboxylic acids is 2. The number of aliphatic hydroxyl groups excluding tert-OH is 1. The fraction of sp³-hybridized carbons (Fsp3) is 0.323. The molecule has 0 spiro atoms. The molecule has 2 aromatic carbocycles. The first-order valence-corrected chi connectivity index (χ1v) is 14.5. The second-order valence-corrected chi connectivity index (χ2v) is 10.7. The molecule has 0 radical (unpaired) electrons. The Labute approximate surface area is 237 Å². The van der Waals surface area contributed by atoms with Crippen molar-refractivity contribution in [3.63, 3.8) is 0 Å². The standard InChI is InChI=1S/C31H33N3O5S/c1-3-38-23-15-13-22(14-16-23)33-30-28(31(37)39-4-2)29(36)26(40-30)17-20-18-34(25-12-8-7-11-24(20)25)19-27(35)32-21-9-5-6-10-21/h7-8,11-18,21,36H,3-6,9-10,19H2,1-2H3,(H,32,35)/b26-17-,33-30?. The number of aliphatic hydroxyl groups is 1. The molecule has 208 valence electrons. The van der Waals surface area contributed by atoms with E-state index in [1.54, 1.807) is 19.1 Å². The normalized spacial score (nSPS) is 17.8. The predicted molar refractivity (Wildman–Crippen MR) is 159 cm³/mol. The van der Waals surface area contributed by atoms with E-state index in [0.717, 1.165) is 47.9 Å². The Bertz CT molecular complexity index is 1500. The number of esters is 1. The van der Waals surface area contributed by atoms with Crippen LogP contribution in [-0.2, 0) is 20.9 Å². The Hall–Kier alpha value is -3.98. The molecule has 1 aliphatic heterocycles. The van der Waals surface area contributed by atoms with E-state index >= 15 is 0 Å². The summed E-state index contributed by atoms with van der Waals surface area (Å²) in [6.07, 6.45) is 8.10. The van der Waals surface area contributed by atoms with Crippen LogP contribution in [0.25, 0.3) is 17.0 Å². The van der Waals surface area contributed by atoms with Crippen LogP contribution in [0.4, 0.5) is 5.69 Å². The molecular weight excluding hydrogens is 526 g/mol. The summed E-state index contributed by atoms with van der Waals surface area (Å²) in [5.74, 6) is -0.0989. The summed E-state index contributed by atoms with van der Waals surface area (Å²) in [7, 11) is 0. The molecule has 1 amide bonds. The SMILES string of the molecule is CCOC(=O)C1=C(O)/C(=C/c2cn(CC(=O)NC3CCCC3)c3ccccc23)SC1=Nc1ccc(OCC)cc1. The number of nitrogens with one attached hydrogen (secondary N) is 1. The summed E-state index contributed by atoms with van der Waals surface area (Å²) in [5, 5.41) is 15.6. The van der Waals surface area contributed by atoms with Gasteiger partial charge in [0.05, 0.1) is 23.8 Å². The van der Waals surface area contributed by atoms with Gasteiger partial charge in [-0.25, -0.2) is 9.79 Å². The summed E-state index contributed by atoms with van der Waals surface area (Å²) in [6.45, 7) is 4.57. The van der Waals surface area contributed by atoms with Gasteiger partial charge in [-0.1, -0.05) is 42.8 Å². The second-order valence-electron chi connectivity index (χ2n) is 9.68. The average Bonchev–Trinajstić information content (AvgIpc) is 3.65. The van der Waals surface area contributed by atoms with E-state index in [4.69, 9.17) is 9.47 Å². The lowest BCUT2D eigenvalue weighted by Gasteiger charge is -2.12. The molecule has 5 rings (SSSR count). The second kappa shape index (κ2) is 12.5. The minimum absolute atomic E-state index is 0.0146. The molecule has 1 fully saturated rings. The molecule has 0 atom stereocenters. The number of aliphatic imine (C=N–C) groups is 1. The summed E-state index contributed by atoms with van der Waals surface area (Å²) in [6, 6.07) is 15.3. The van der Waals surface area contributed by atoms with Gasteiger partial charge in [0, 0.05) is 28.7 Å². The zero-order chi connectivity index (χ0) is 28.1. The third kappa shape index (κ3) is 6.09. The third-order valence-corrected chi connectivity index (χ3v) is 7.91. The van der Waals surface area contributed by atoms with Gasteiger partial charge < -0.3 is 24.5 Å². The van der Waals surface area contributed by atoms with Crippen molar-refractivity contribution in [3.8, 4) is 5.75 Å². The monoisotopic (exact) mass is 559 g/mol. The smallest absolute Gasteiger partial charge is 0.344 e. The van der Waals surface area contributed by atoms with Crippen LogP contribution in [0.15, 0.2) is 76.0 Å². The molecule has 0 saturated heterocycles. The molecule has 2 aliphatic rings. The van der Waals surface area contributed by atoms with Crippen molar-refractivity contribution in [1.82, 2.24) is 9.88 Å². The van der Waals surface area contributed by atoms with Crippen molar-refractivity contribution in [2.45, 2.75) is 52.1 Å². The molecule has 0 unspecified atom stereocenters. The lowest BCUT2D eigenvalue weighted by Crippen LogP contribution is -2.35. The Morgan fingerprint density at radius 3 is 2.58 bits per heavy atom. The Morgan fingerprint density at radius 2 is 1.85 bits per heavy atom. The summed E-state index contributed by atoms with van der Waals surface area (Å²) in [5.41, 5.74) is 2.39. The van der Waals surface area contributed by atoms with Crippen molar-refractivity contribution in [2.75, 3.05) is 13.2 Å². The molecule has 0 bridgehead atoms. The fourth-order valence-corrected chi connectivity index (χ4v) is 6.08. The van der Waals surface area contributed by atoms with Gasteiger partial charge in [0.1, 0.15) is 28.7 Å². The highest BCUT2D eigenvalue weighted by molar-refractivity contribution is 8.18. The average molecular weight is 560 g/mol. The molecular formula is C31H33N3O5S. The predicted octanol–water partition coefficient (Wildman–Crippen LogP) is 6.29. The lowest BCUT2D eigenvalue weighted by atomic mass is 10.1. The lowest BCUT2D eigenvalue weighted by molar-refractivity contribution is -0.138. The molecule has 40 heavy (non-hydrogen) atoms. The van der Waals surface area contributed by atoms with Crippen molar-refractivity contribution in [1.29, 1.82) is 0 Å². The maximum absolute atomic E-state index is 12.8. The van der Waals surface area contributed by atoms with E-state index in [-0.39, 0.29) is 36.4 Å². The number of aromatic nitrogens is 1. The zero-order valence-electron chi connectivity index (χ0n) is 22.7. The number of nitrogens with zero attached hydrogens (tertiary/aromatic N) is 2. The van der Waals surface area contributed by atoms with Crippen molar-refractivity contribution >= 4 is 51.3 Å². The Balaban J connectivity index is 1.47. The molecule has 2 N–H and O–H groups in total. The quantitative estimate of drug-likeness (QED) is 0.299. The molecule has 2 heterocycles. The largest absolute Gasteiger partial charge is 0.506 e. The van der Waals surface area contributed by atoms with E-state index in [2.05, 4.69) is 10.3 Å². The minimum atomic E-state index is -0.633. The summed E-state index contributed by atoms with van der Waals surface area (Å²) >= 11 is 1.20. The number of amides is 1. The van der Waals surface area contributed by atoms with Crippen LogP contribution in [0.5, 0.6) is 5.75 Å². The van der Waals surface area contributed by atoms with Crippen molar-refractivity contribution < 1.29 is 24.2 Å². The van der Waals surface area contributed by atoms with Crippen LogP contribution < -0.4 is 10.1 Å². The van der Waals surface area contributed by atoms with Gasteiger partial charge in [-0.15, -0.1) is 0 Å². The molecule has 1 saturated carbocycles.